The lowest BCUT2D eigenvalue weighted by atomic mass is 10.1. The zero-order valence-corrected chi connectivity index (χ0v) is 8.72. The number of nitrogens with one attached hydrogen (secondary N) is 1. The summed E-state index contributed by atoms with van der Waals surface area (Å²) in [4.78, 5) is 0. The van der Waals surface area contributed by atoms with Crippen molar-refractivity contribution >= 4 is 5.57 Å². The lowest BCUT2D eigenvalue weighted by Gasteiger charge is -2.02. The van der Waals surface area contributed by atoms with Crippen molar-refractivity contribution in [2.75, 3.05) is 6.54 Å². The molecule has 1 nitrogen and oxygen atoms in total. The standard InChI is InChI=1S/C13H17N/c1-2-9-14-10-12-8-7-11-5-3-4-6-13(11)12/h3-6,10,14H,2,7-9H2,1H3/b12-10+. The number of fused-ring (bicyclic) bond motifs is 1. The van der Waals surface area contributed by atoms with Crippen LogP contribution < -0.4 is 5.32 Å². The average molecular weight is 187 g/mol. The summed E-state index contributed by atoms with van der Waals surface area (Å²) in [6, 6.07) is 8.71. The number of allylic oxidation sites excluding steroid dienone is 1. The Kier molecular flexibility index (Phi) is 2.87. The number of hydrogen-bond acceptors (Lipinski definition) is 1. The molecule has 0 spiro atoms. The van der Waals surface area contributed by atoms with Gasteiger partial charge in [-0.3, -0.25) is 0 Å². The van der Waals surface area contributed by atoms with Crippen LogP contribution in [-0.2, 0) is 6.42 Å². The second-order valence-electron chi connectivity index (χ2n) is 3.78. The van der Waals surface area contributed by atoms with Crippen molar-refractivity contribution in [3.05, 3.63) is 41.6 Å². The van der Waals surface area contributed by atoms with E-state index in [1.165, 1.54) is 36.0 Å². The number of hydrogen-bond donors (Lipinski definition) is 1. The molecule has 0 atom stereocenters. The summed E-state index contributed by atoms with van der Waals surface area (Å²) in [6.07, 6.45) is 5.77. The molecule has 2 rings (SSSR count). The molecule has 0 bridgehead atoms. The molecule has 1 heteroatoms. The minimum Gasteiger partial charge on any atom is -0.391 e. The van der Waals surface area contributed by atoms with Gasteiger partial charge in [0, 0.05) is 12.7 Å². The van der Waals surface area contributed by atoms with Gasteiger partial charge in [-0.25, -0.2) is 0 Å². The maximum Gasteiger partial charge on any atom is 0.0138 e. The van der Waals surface area contributed by atoms with E-state index in [2.05, 4.69) is 42.7 Å². The van der Waals surface area contributed by atoms with Crippen LogP contribution in [-0.4, -0.2) is 6.54 Å². The molecule has 1 N–H and O–H groups in total. The predicted octanol–water partition coefficient (Wildman–Crippen LogP) is 2.97. The summed E-state index contributed by atoms with van der Waals surface area (Å²) in [5.74, 6) is 0. The number of aryl methyl sites for hydroxylation is 1. The first-order valence-corrected chi connectivity index (χ1v) is 5.42. The predicted molar refractivity (Wildman–Crippen MR) is 61.0 cm³/mol. The van der Waals surface area contributed by atoms with E-state index in [1.807, 2.05) is 0 Å². The van der Waals surface area contributed by atoms with Crippen molar-refractivity contribution in [2.45, 2.75) is 26.2 Å². The van der Waals surface area contributed by atoms with Gasteiger partial charge < -0.3 is 5.32 Å². The highest BCUT2D eigenvalue weighted by molar-refractivity contribution is 5.72. The second kappa shape index (κ2) is 4.32. The maximum absolute atomic E-state index is 3.36. The van der Waals surface area contributed by atoms with E-state index >= 15 is 0 Å². The van der Waals surface area contributed by atoms with Crippen LogP contribution in [0.3, 0.4) is 0 Å². The molecule has 14 heavy (non-hydrogen) atoms. The van der Waals surface area contributed by atoms with Gasteiger partial charge in [0.05, 0.1) is 0 Å². The zero-order valence-electron chi connectivity index (χ0n) is 8.72. The van der Waals surface area contributed by atoms with Crippen molar-refractivity contribution in [3.63, 3.8) is 0 Å². The van der Waals surface area contributed by atoms with E-state index in [0.29, 0.717) is 0 Å². The van der Waals surface area contributed by atoms with Crippen LogP contribution in [0.15, 0.2) is 30.5 Å². The molecule has 0 aromatic heterocycles. The van der Waals surface area contributed by atoms with Crippen LogP contribution in [0.25, 0.3) is 5.57 Å². The van der Waals surface area contributed by atoms with Gasteiger partial charge in [0.15, 0.2) is 0 Å². The first-order chi connectivity index (χ1) is 6.92. The van der Waals surface area contributed by atoms with Crippen molar-refractivity contribution < 1.29 is 0 Å². The molecule has 1 aromatic rings. The van der Waals surface area contributed by atoms with Gasteiger partial charge in [-0.1, -0.05) is 31.2 Å². The van der Waals surface area contributed by atoms with Gasteiger partial charge in [-0.05, 0) is 36.0 Å². The molecule has 0 fully saturated rings. The summed E-state index contributed by atoms with van der Waals surface area (Å²) < 4.78 is 0. The second-order valence-corrected chi connectivity index (χ2v) is 3.78. The van der Waals surface area contributed by atoms with E-state index in [-0.39, 0.29) is 0 Å². The molecule has 1 aromatic carbocycles. The van der Waals surface area contributed by atoms with Gasteiger partial charge in [-0.15, -0.1) is 0 Å². The fourth-order valence-corrected chi connectivity index (χ4v) is 1.95. The van der Waals surface area contributed by atoms with Crippen LogP contribution in [0.1, 0.15) is 30.9 Å². The fraction of sp³-hybridized carbons (Fsp3) is 0.385. The Morgan fingerprint density at radius 3 is 3.00 bits per heavy atom. The highest BCUT2D eigenvalue weighted by Gasteiger charge is 2.14. The van der Waals surface area contributed by atoms with Crippen molar-refractivity contribution in [1.82, 2.24) is 5.32 Å². The van der Waals surface area contributed by atoms with Crippen molar-refractivity contribution in [1.29, 1.82) is 0 Å². The molecule has 0 saturated heterocycles. The molecule has 0 radical (unpaired) electrons. The molecular formula is C13H17N. The summed E-state index contributed by atoms with van der Waals surface area (Å²) in [7, 11) is 0. The third-order valence-electron chi connectivity index (χ3n) is 2.70. The first kappa shape index (κ1) is 9.32. The molecule has 1 aliphatic carbocycles. The largest absolute Gasteiger partial charge is 0.391 e. The molecule has 74 valence electrons. The highest BCUT2D eigenvalue weighted by Crippen LogP contribution is 2.30. The van der Waals surface area contributed by atoms with Crippen LogP contribution in [0, 0.1) is 0 Å². The van der Waals surface area contributed by atoms with E-state index in [4.69, 9.17) is 0 Å². The van der Waals surface area contributed by atoms with Crippen LogP contribution in [0.5, 0.6) is 0 Å². The minimum atomic E-state index is 1.08. The quantitative estimate of drug-likeness (QED) is 0.717. The molecule has 0 amide bonds. The van der Waals surface area contributed by atoms with Gasteiger partial charge in [0.25, 0.3) is 0 Å². The minimum absolute atomic E-state index is 1.08. The van der Waals surface area contributed by atoms with Gasteiger partial charge in [0.1, 0.15) is 0 Å². The van der Waals surface area contributed by atoms with Crippen molar-refractivity contribution in [3.8, 4) is 0 Å². The SMILES string of the molecule is CCCN/C=C1\CCc2ccccc21. The average Bonchev–Trinajstić information content (AvgIpc) is 2.63. The van der Waals surface area contributed by atoms with Crippen LogP contribution in [0.2, 0.25) is 0 Å². The fourth-order valence-electron chi connectivity index (χ4n) is 1.95. The van der Waals surface area contributed by atoms with Gasteiger partial charge >= 0.3 is 0 Å². The molecular weight excluding hydrogens is 170 g/mol. The monoisotopic (exact) mass is 187 g/mol. The van der Waals surface area contributed by atoms with E-state index < -0.39 is 0 Å². The Bertz CT molecular complexity index is 339. The molecule has 0 heterocycles. The van der Waals surface area contributed by atoms with Gasteiger partial charge in [-0.2, -0.15) is 0 Å². The smallest absolute Gasteiger partial charge is 0.0138 e. The van der Waals surface area contributed by atoms with E-state index in [9.17, 15) is 0 Å². The molecule has 0 unspecified atom stereocenters. The maximum atomic E-state index is 3.36. The zero-order chi connectivity index (χ0) is 9.80. The number of benzene rings is 1. The highest BCUT2D eigenvalue weighted by atomic mass is 14.8. The Morgan fingerprint density at radius 2 is 2.14 bits per heavy atom. The molecule has 1 aliphatic rings. The van der Waals surface area contributed by atoms with Crippen LogP contribution in [0.4, 0.5) is 0 Å². The lowest BCUT2D eigenvalue weighted by molar-refractivity contribution is 0.808. The number of rotatable bonds is 3. The van der Waals surface area contributed by atoms with E-state index in [1.54, 1.807) is 0 Å². The summed E-state index contributed by atoms with van der Waals surface area (Å²) in [6.45, 7) is 3.26. The Balaban J connectivity index is 2.13. The third kappa shape index (κ3) is 1.82. The van der Waals surface area contributed by atoms with Gasteiger partial charge in [0.2, 0.25) is 0 Å². The summed E-state index contributed by atoms with van der Waals surface area (Å²) in [5.41, 5.74) is 4.40. The Hall–Kier alpha value is -1.24. The van der Waals surface area contributed by atoms with E-state index in [0.717, 1.165) is 6.54 Å². The summed E-state index contributed by atoms with van der Waals surface area (Å²) in [5, 5.41) is 3.36. The summed E-state index contributed by atoms with van der Waals surface area (Å²) >= 11 is 0. The Labute approximate surface area is 85.8 Å². The first-order valence-electron chi connectivity index (χ1n) is 5.42. The third-order valence-corrected chi connectivity index (χ3v) is 2.70. The topological polar surface area (TPSA) is 12.0 Å². The lowest BCUT2D eigenvalue weighted by Crippen LogP contribution is -2.05. The normalized spacial score (nSPS) is 17.1. The molecule has 0 saturated carbocycles. The van der Waals surface area contributed by atoms with Crippen molar-refractivity contribution in [2.24, 2.45) is 0 Å². The van der Waals surface area contributed by atoms with Crippen LogP contribution >= 0.6 is 0 Å². The Morgan fingerprint density at radius 1 is 1.29 bits per heavy atom. The molecule has 0 aliphatic heterocycles.